The number of carbonyl (C=O) groups excluding carboxylic acids is 1. The zero-order valence-corrected chi connectivity index (χ0v) is 20.2. The Morgan fingerprint density at radius 3 is 2.58 bits per heavy atom. The number of hydrogen-bond acceptors (Lipinski definition) is 7. The van der Waals surface area contributed by atoms with Crippen molar-refractivity contribution in [3.05, 3.63) is 47.9 Å². The monoisotopic (exact) mass is 517 g/mol. The van der Waals surface area contributed by atoms with Gasteiger partial charge in [0.2, 0.25) is 0 Å². The van der Waals surface area contributed by atoms with Crippen LogP contribution in [0.5, 0.6) is 0 Å². The number of aliphatic imine (C=N–C) groups is 1. The smallest absolute Gasteiger partial charge is 0.277 e. The summed E-state index contributed by atoms with van der Waals surface area (Å²) in [6.45, 7) is 0. The summed E-state index contributed by atoms with van der Waals surface area (Å²) in [5.74, 6) is -0.981. The quantitative estimate of drug-likeness (QED) is 0.484. The van der Waals surface area contributed by atoms with Gasteiger partial charge in [-0.3, -0.25) is 14.5 Å². The van der Waals surface area contributed by atoms with Gasteiger partial charge in [0.1, 0.15) is 17.6 Å². The number of benzene rings is 1. The third kappa shape index (κ3) is 4.77. The van der Waals surface area contributed by atoms with Gasteiger partial charge in [0, 0.05) is 37.9 Å². The summed E-state index contributed by atoms with van der Waals surface area (Å²) in [7, 11) is -1.97. The third-order valence-electron chi connectivity index (χ3n) is 6.12. The van der Waals surface area contributed by atoms with Crippen LogP contribution in [0.15, 0.2) is 46.4 Å². The minimum Gasteiger partial charge on any atom is -0.353 e. The molecular formula is C24H22F3N5O3S. The van der Waals surface area contributed by atoms with E-state index in [0.717, 1.165) is 6.26 Å². The van der Waals surface area contributed by atoms with Crippen LogP contribution >= 0.6 is 0 Å². The Kier molecular flexibility index (Phi) is 5.93. The van der Waals surface area contributed by atoms with E-state index in [0.29, 0.717) is 11.3 Å². The molecule has 0 radical (unpaired) electrons. The molecule has 0 spiro atoms. The number of pyridine rings is 1. The molecule has 5 rings (SSSR count). The van der Waals surface area contributed by atoms with E-state index in [4.69, 9.17) is 0 Å². The van der Waals surface area contributed by atoms with Gasteiger partial charge in [-0.25, -0.2) is 26.6 Å². The van der Waals surface area contributed by atoms with E-state index in [1.54, 1.807) is 36.1 Å². The lowest BCUT2D eigenvalue weighted by Crippen LogP contribution is -2.12. The van der Waals surface area contributed by atoms with Gasteiger partial charge in [-0.1, -0.05) is 6.07 Å². The van der Waals surface area contributed by atoms with Crippen molar-refractivity contribution in [2.45, 2.75) is 36.8 Å². The van der Waals surface area contributed by atoms with E-state index in [-0.39, 0.29) is 64.1 Å². The number of sulfone groups is 1. The standard InChI is InChI=1S/C24H22F3N5O3S/c1-32-6-5-16(31-32)12-3-4-17(22(7-12)36(2,34)35)29-18-8-13(9-21(33)14-10-15(14)25)28-19-11-20(24(26)27)30-23(18)19/h3-8,14-15,24H,9-11H2,1-2H3,(H,28,29)/t14-,15-/m0/s1. The highest BCUT2D eigenvalue weighted by Crippen LogP contribution is 2.40. The fraction of sp³-hybridized carbons (Fsp3) is 0.333. The summed E-state index contributed by atoms with van der Waals surface area (Å²) in [5.41, 5.74) is 1.91. The second kappa shape index (κ2) is 8.84. The van der Waals surface area contributed by atoms with Crippen molar-refractivity contribution in [3.8, 4) is 11.3 Å². The Morgan fingerprint density at radius 2 is 1.97 bits per heavy atom. The van der Waals surface area contributed by atoms with Crippen molar-refractivity contribution in [2.24, 2.45) is 18.0 Å². The molecule has 2 aliphatic rings. The average Bonchev–Trinajstić information content (AvgIpc) is 3.17. The molecule has 12 heteroatoms. The molecule has 0 unspecified atom stereocenters. The maximum absolute atomic E-state index is 13.4. The van der Waals surface area contributed by atoms with E-state index in [1.807, 2.05) is 0 Å². The molecule has 36 heavy (non-hydrogen) atoms. The number of nitrogens with zero attached hydrogens (tertiary/aromatic N) is 4. The molecular weight excluding hydrogens is 495 g/mol. The normalized spacial score (nSPS) is 18.8. The lowest BCUT2D eigenvalue weighted by atomic mass is 10.1. The van der Waals surface area contributed by atoms with E-state index in [9.17, 15) is 26.4 Å². The minimum absolute atomic E-state index is 0.0249. The number of ketones is 1. The molecule has 8 nitrogen and oxygen atoms in total. The van der Waals surface area contributed by atoms with Crippen molar-refractivity contribution >= 4 is 38.4 Å². The van der Waals surface area contributed by atoms with Gasteiger partial charge in [-0.15, -0.1) is 0 Å². The van der Waals surface area contributed by atoms with Crippen molar-refractivity contribution in [2.75, 3.05) is 11.6 Å². The summed E-state index contributed by atoms with van der Waals surface area (Å²) in [6, 6.07) is 7.95. The van der Waals surface area contributed by atoms with Crippen LogP contribution in [-0.4, -0.2) is 53.5 Å². The topological polar surface area (TPSA) is 106 Å². The number of fused-ring (bicyclic) bond motifs is 1. The number of aromatic nitrogens is 3. The van der Waals surface area contributed by atoms with E-state index in [2.05, 4.69) is 20.4 Å². The minimum atomic E-state index is -3.72. The SMILES string of the molecule is Cn1ccc(-c2ccc(Nc3cc(CC(=O)[C@H]4C[C@@H]4F)nc4c3N=C(C(F)F)C4)c(S(C)(=O)=O)c2)n1. The molecule has 2 atom stereocenters. The predicted octanol–water partition coefficient (Wildman–Crippen LogP) is 3.99. The number of Topliss-reactive ketones (excluding diaryl/α,β-unsaturated/α-hetero) is 1. The van der Waals surface area contributed by atoms with Crippen molar-refractivity contribution in [1.82, 2.24) is 14.8 Å². The molecule has 0 saturated heterocycles. The van der Waals surface area contributed by atoms with Gasteiger partial charge in [0.15, 0.2) is 9.84 Å². The molecule has 1 saturated carbocycles. The van der Waals surface area contributed by atoms with Crippen LogP contribution in [0, 0.1) is 5.92 Å². The highest BCUT2D eigenvalue weighted by molar-refractivity contribution is 7.90. The van der Waals surface area contributed by atoms with Crippen LogP contribution in [0.4, 0.5) is 30.2 Å². The largest absolute Gasteiger partial charge is 0.353 e. The zero-order chi connectivity index (χ0) is 25.8. The molecule has 2 aromatic heterocycles. The molecule has 0 bridgehead atoms. The van der Waals surface area contributed by atoms with E-state index in [1.165, 1.54) is 12.1 Å². The summed E-state index contributed by atoms with van der Waals surface area (Å²) in [6.07, 6.45) is -1.34. The van der Waals surface area contributed by atoms with E-state index < -0.39 is 28.4 Å². The average molecular weight is 518 g/mol. The Bertz CT molecular complexity index is 1520. The van der Waals surface area contributed by atoms with Crippen molar-refractivity contribution in [1.29, 1.82) is 0 Å². The molecule has 1 aliphatic carbocycles. The number of nitrogens with one attached hydrogen (secondary N) is 1. The van der Waals surface area contributed by atoms with Gasteiger partial charge in [0.25, 0.3) is 6.43 Å². The first-order valence-corrected chi connectivity index (χ1v) is 13.0. The number of hydrogen-bond donors (Lipinski definition) is 1. The lowest BCUT2D eigenvalue weighted by Gasteiger charge is -2.15. The molecule has 1 fully saturated rings. The number of aryl methyl sites for hydroxylation is 1. The van der Waals surface area contributed by atoms with Gasteiger partial charge >= 0.3 is 0 Å². The molecule has 1 N–H and O–H groups in total. The zero-order valence-electron chi connectivity index (χ0n) is 19.4. The van der Waals surface area contributed by atoms with Gasteiger partial charge in [-0.05, 0) is 30.7 Å². The molecule has 3 heterocycles. The summed E-state index contributed by atoms with van der Waals surface area (Å²) >= 11 is 0. The molecule has 3 aromatic rings. The number of rotatable bonds is 8. The first-order chi connectivity index (χ1) is 17.0. The Hall–Kier alpha value is -3.54. The maximum atomic E-state index is 13.4. The molecule has 188 valence electrons. The van der Waals surface area contributed by atoms with Crippen LogP contribution < -0.4 is 5.32 Å². The maximum Gasteiger partial charge on any atom is 0.277 e. The third-order valence-corrected chi connectivity index (χ3v) is 7.25. The fourth-order valence-electron chi connectivity index (χ4n) is 4.18. The predicted molar refractivity (Wildman–Crippen MR) is 128 cm³/mol. The highest BCUT2D eigenvalue weighted by atomic mass is 32.2. The Labute approximate surface area is 205 Å². The molecule has 1 aromatic carbocycles. The first-order valence-electron chi connectivity index (χ1n) is 11.2. The van der Waals surface area contributed by atoms with Gasteiger partial charge in [0.05, 0.1) is 45.0 Å². The van der Waals surface area contributed by atoms with Crippen LogP contribution in [0.2, 0.25) is 0 Å². The van der Waals surface area contributed by atoms with Crippen LogP contribution in [-0.2, 0) is 34.5 Å². The Morgan fingerprint density at radius 1 is 1.22 bits per heavy atom. The van der Waals surface area contributed by atoms with Gasteiger partial charge < -0.3 is 5.32 Å². The van der Waals surface area contributed by atoms with Crippen LogP contribution in [0.25, 0.3) is 11.3 Å². The number of anilines is 2. The van der Waals surface area contributed by atoms with Crippen LogP contribution in [0.1, 0.15) is 17.8 Å². The van der Waals surface area contributed by atoms with Crippen molar-refractivity contribution < 1.29 is 26.4 Å². The lowest BCUT2D eigenvalue weighted by molar-refractivity contribution is -0.120. The number of alkyl halides is 3. The number of halogens is 3. The van der Waals surface area contributed by atoms with Crippen molar-refractivity contribution in [3.63, 3.8) is 0 Å². The molecule has 1 aliphatic heterocycles. The van der Waals surface area contributed by atoms with Gasteiger partial charge in [-0.2, -0.15) is 5.10 Å². The second-order valence-electron chi connectivity index (χ2n) is 9.02. The molecule has 0 amide bonds. The summed E-state index contributed by atoms with van der Waals surface area (Å²) < 4.78 is 67.0. The highest BCUT2D eigenvalue weighted by Gasteiger charge is 2.43. The Balaban J connectivity index is 1.55. The number of carbonyl (C=O) groups is 1. The van der Waals surface area contributed by atoms with E-state index >= 15 is 0 Å². The fourth-order valence-corrected chi connectivity index (χ4v) is 5.04. The first kappa shape index (κ1) is 24.2. The summed E-state index contributed by atoms with van der Waals surface area (Å²) in [4.78, 5) is 20.7. The van der Waals surface area contributed by atoms with Crippen LogP contribution in [0.3, 0.4) is 0 Å². The summed E-state index contributed by atoms with van der Waals surface area (Å²) in [5, 5.41) is 7.31. The second-order valence-corrected chi connectivity index (χ2v) is 11.0.